The predicted molar refractivity (Wildman–Crippen MR) is 66.0 cm³/mol. The lowest BCUT2D eigenvalue weighted by atomic mass is 10.4. The van der Waals surface area contributed by atoms with Crippen LogP contribution in [0.1, 0.15) is 5.69 Å². The number of carbonyl (C=O) groups is 1. The standard InChI is InChI=1S/C10H13ClN4O4/c1-7-9(11)10(15(17)18)12-14(7)6-8(16)13-2-4-19-5-3-13/h2-6H2,1H3. The molecule has 0 spiro atoms. The lowest BCUT2D eigenvalue weighted by molar-refractivity contribution is -0.389. The molecule has 0 unspecified atom stereocenters. The van der Waals surface area contributed by atoms with E-state index in [1.807, 2.05) is 0 Å². The van der Waals surface area contributed by atoms with E-state index in [0.717, 1.165) is 0 Å². The van der Waals surface area contributed by atoms with E-state index in [9.17, 15) is 14.9 Å². The monoisotopic (exact) mass is 288 g/mol. The number of morpholine rings is 1. The molecule has 2 rings (SSSR count). The molecule has 1 fully saturated rings. The molecule has 0 saturated carbocycles. The maximum Gasteiger partial charge on any atom is 0.408 e. The van der Waals surface area contributed by atoms with Gasteiger partial charge in [-0.25, -0.2) is 0 Å². The van der Waals surface area contributed by atoms with Crippen LogP contribution in [0.4, 0.5) is 5.82 Å². The van der Waals surface area contributed by atoms with Gasteiger partial charge >= 0.3 is 5.82 Å². The molecule has 19 heavy (non-hydrogen) atoms. The number of nitrogens with zero attached hydrogens (tertiary/aromatic N) is 4. The van der Waals surface area contributed by atoms with E-state index in [1.54, 1.807) is 11.8 Å². The molecular weight excluding hydrogens is 276 g/mol. The van der Waals surface area contributed by atoms with Crippen molar-refractivity contribution in [2.24, 2.45) is 0 Å². The van der Waals surface area contributed by atoms with Gasteiger partial charge in [0.1, 0.15) is 6.54 Å². The van der Waals surface area contributed by atoms with E-state index in [4.69, 9.17) is 16.3 Å². The first-order valence-electron chi connectivity index (χ1n) is 5.73. The van der Waals surface area contributed by atoms with Crippen molar-refractivity contribution in [3.05, 3.63) is 20.8 Å². The van der Waals surface area contributed by atoms with Crippen molar-refractivity contribution in [1.29, 1.82) is 0 Å². The zero-order valence-corrected chi connectivity index (χ0v) is 11.1. The van der Waals surface area contributed by atoms with Crippen LogP contribution in [0.2, 0.25) is 5.02 Å². The molecule has 0 atom stereocenters. The Morgan fingerprint density at radius 2 is 2.16 bits per heavy atom. The summed E-state index contributed by atoms with van der Waals surface area (Å²) >= 11 is 5.81. The number of rotatable bonds is 3. The Morgan fingerprint density at radius 1 is 1.53 bits per heavy atom. The third kappa shape index (κ3) is 2.85. The van der Waals surface area contributed by atoms with Gasteiger partial charge in [0.05, 0.1) is 24.0 Å². The highest BCUT2D eigenvalue weighted by atomic mass is 35.5. The molecule has 0 bridgehead atoms. The Kier molecular flexibility index (Phi) is 4.01. The second kappa shape index (κ2) is 5.54. The normalized spacial score (nSPS) is 15.6. The van der Waals surface area contributed by atoms with Gasteiger partial charge in [-0.2, -0.15) is 4.68 Å². The van der Waals surface area contributed by atoms with E-state index in [1.165, 1.54) is 4.68 Å². The molecule has 2 heterocycles. The Morgan fingerprint density at radius 3 is 2.68 bits per heavy atom. The Hall–Kier alpha value is -1.67. The summed E-state index contributed by atoms with van der Waals surface area (Å²) in [5, 5.41) is 14.4. The van der Waals surface area contributed by atoms with Gasteiger partial charge in [-0.05, 0) is 11.8 Å². The van der Waals surface area contributed by atoms with E-state index in [2.05, 4.69) is 5.10 Å². The maximum absolute atomic E-state index is 12.0. The lowest BCUT2D eigenvalue weighted by Gasteiger charge is -2.26. The minimum Gasteiger partial charge on any atom is -0.378 e. The molecule has 104 valence electrons. The van der Waals surface area contributed by atoms with Crippen LogP contribution in [-0.2, 0) is 16.1 Å². The van der Waals surface area contributed by atoms with Gasteiger partial charge < -0.3 is 19.8 Å². The van der Waals surface area contributed by atoms with Crippen molar-refractivity contribution in [3.63, 3.8) is 0 Å². The Labute approximate surface area is 114 Å². The molecule has 1 saturated heterocycles. The number of ether oxygens (including phenoxy) is 1. The zero-order chi connectivity index (χ0) is 14.0. The van der Waals surface area contributed by atoms with Crippen molar-refractivity contribution in [1.82, 2.24) is 14.7 Å². The molecule has 1 aromatic rings. The lowest BCUT2D eigenvalue weighted by Crippen LogP contribution is -2.42. The summed E-state index contributed by atoms with van der Waals surface area (Å²) < 4.78 is 6.41. The summed E-state index contributed by atoms with van der Waals surface area (Å²) in [5.74, 6) is -0.575. The topological polar surface area (TPSA) is 90.5 Å². The van der Waals surface area contributed by atoms with Crippen LogP contribution >= 0.6 is 11.6 Å². The second-order valence-electron chi connectivity index (χ2n) is 4.13. The van der Waals surface area contributed by atoms with Gasteiger partial charge in [-0.3, -0.25) is 4.79 Å². The highest BCUT2D eigenvalue weighted by Gasteiger charge is 2.26. The van der Waals surface area contributed by atoms with E-state index >= 15 is 0 Å². The number of hydrogen-bond donors (Lipinski definition) is 0. The van der Waals surface area contributed by atoms with Crippen molar-refractivity contribution < 1.29 is 14.5 Å². The van der Waals surface area contributed by atoms with Crippen LogP contribution in [-0.4, -0.2) is 51.8 Å². The van der Waals surface area contributed by atoms with Crippen molar-refractivity contribution in [3.8, 4) is 0 Å². The summed E-state index contributed by atoms with van der Waals surface area (Å²) in [6.07, 6.45) is 0. The van der Waals surface area contributed by atoms with E-state index in [-0.39, 0.29) is 17.5 Å². The third-order valence-corrected chi connectivity index (χ3v) is 3.38. The smallest absolute Gasteiger partial charge is 0.378 e. The molecule has 1 aliphatic rings. The number of nitro groups is 1. The summed E-state index contributed by atoms with van der Waals surface area (Å²) in [6, 6.07) is 0. The van der Waals surface area contributed by atoms with Crippen LogP contribution in [0.3, 0.4) is 0 Å². The summed E-state index contributed by atoms with van der Waals surface area (Å²) in [4.78, 5) is 23.7. The quantitative estimate of drug-likeness (QED) is 0.600. The van der Waals surface area contributed by atoms with Gasteiger partial charge in [-0.15, -0.1) is 0 Å². The number of aromatic nitrogens is 2. The number of halogens is 1. The molecule has 1 aromatic heterocycles. The van der Waals surface area contributed by atoms with Crippen LogP contribution in [0, 0.1) is 17.0 Å². The molecule has 0 aromatic carbocycles. The summed E-state index contributed by atoms with van der Waals surface area (Å²) in [5.41, 5.74) is 0.412. The largest absolute Gasteiger partial charge is 0.408 e. The highest BCUT2D eigenvalue weighted by Crippen LogP contribution is 2.26. The molecular formula is C10H13ClN4O4. The SMILES string of the molecule is Cc1c(Cl)c([N+](=O)[O-])nn1CC(=O)N1CCOCC1. The van der Waals surface area contributed by atoms with Crippen LogP contribution in [0.15, 0.2) is 0 Å². The fourth-order valence-corrected chi connectivity index (χ4v) is 2.02. The molecule has 0 aliphatic carbocycles. The second-order valence-corrected chi connectivity index (χ2v) is 4.51. The first kappa shape index (κ1) is 13.8. The van der Waals surface area contributed by atoms with Gasteiger partial charge in [0, 0.05) is 13.1 Å². The Balaban J connectivity index is 2.12. The molecule has 9 heteroatoms. The first-order valence-corrected chi connectivity index (χ1v) is 6.11. The fraction of sp³-hybridized carbons (Fsp3) is 0.600. The number of amides is 1. The minimum atomic E-state index is -0.662. The third-order valence-electron chi connectivity index (χ3n) is 2.94. The van der Waals surface area contributed by atoms with Gasteiger partial charge in [0.25, 0.3) is 0 Å². The molecule has 1 aliphatic heterocycles. The minimum absolute atomic E-state index is 0.0280. The Bertz CT molecular complexity index is 510. The van der Waals surface area contributed by atoms with Crippen LogP contribution < -0.4 is 0 Å². The molecule has 1 amide bonds. The van der Waals surface area contributed by atoms with Crippen LogP contribution in [0.5, 0.6) is 0 Å². The average molecular weight is 289 g/mol. The maximum atomic E-state index is 12.0. The molecule has 0 N–H and O–H groups in total. The van der Waals surface area contributed by atoms with Crippen molar-refractivity contribution in [2.75, 3.05) is 26.3 Å². The number of carbonyl (C=O) groups excluding carboxylic acids is 1. The average Bonchev–Trinajstić information content (AvgIpc) is 2.68. The fourth-order valence-electron chi connectivity index (χ4n) is 1.82. The van der Waals surface area contributed by atoms with E-state index in [0.29, 0.717) is 32.0 Å². The van der Waals surface area contributed by atoms with Gasteiger partial charge in [0.2, 0.25) is 5.91 Å². The first-order chi connectivity index (χ1) is 9.00. The molecule has 0 radical (unpaired) electrons. The zero-order valence-electron chi connectivity index (χ0n) is 10.3. The van der Waals surface area contributed by atoms with Crippen molar-refractivity contribution >= 4 is 23.3 Å². The molecule has 8 nitrogen and oxygen atoms in total. The summed E-state index contributed by atoms with van der Waals surface area (Å²) in [6.45, 7) is 3.59. The number of hydrogen-bond acceptors (Lipinski definition) is 5. The van der Waals surface area contributed by atoms with Crippen molar-refractivity contribution in [2.45, 2.75) is 13.5 Å². The van der Waals surface area contributed by atoms with Crippen LogP contribution in [0.25, 0.3) is 0 Å². The highest BCUT2D eigenvalue weighted by molar-refractivity contribution is 6.33. The van der Waals surface area contributed by atoms with E-state index < -0.39 is 10.7 Å². The van der Waals surface area contributed by atoms with Gasteiger partial charge in [0.15, 0.2) is 5.02 Å². The predicted octanol–water partition coefficient (Wildman–Crippen LogP) is 0.612. The van der Waals surface area contributed by atoms with Gasteiger partial charge in [-0.1, -0.05) is 11.6 Å². The summed E-state index contributed by atoms with van der Waals surface area (Å²) in [7, 11) is 0.